The molecule has 2 fully saturated rings. The monoisotopic (exact) mass is 638 g/mol. The van der Waals surface area contributed by atoms with E-state index in [-0.39, 0.29) is 34.2 Å². The normalized spacial score (nSPS) is 34.0. The maximum atomic E-state index is 13.7. The van der Waals surface area contributed by atoms with E-state index < -0.39 is 15.9 Å². The standard InChI is InChI=1S/C35H43ClN2O5S/c1-22-5-3-7-31(42-2)28-13-10-25(28)19-38-20-35(16-4-6-24-17-26(36)11-14-29(24)35)21-43-32-15-12-27(18-30(32)38)44(40,41)37-34(39)33(22)23-8-9-23/h3,7,11-12,14-15,17-18,22-23,25,28,31,33H,4-6,8-10,13,16,19-21H2,1-2H3,(H,37,39)/b7-3+/t22-,25-,28+,31-,33?,35-/m0/s1. The molecule has 3 aliphatic carbocycles. The van der Waals surface area contributed by atoms with E-state index in [1.807, 2.05) is 6.07 Å². The van der Waals surface area contributed by atoms with Crippen LogP contribution in [0.15, 0.2) is 53.4 Å². The average molecular weight is 639 g/mol. The second-order valence-electron chi connectivity index (χ2n) is 13.9. The summed E-state index contributed by atoms with van der Waals surface area (Å²) >= 11 is 6.42. The lowest BCUT2D eigenvalue weighted by molar-refractivity contribution is -0.125. The topological polar surface area (TPSA) is 84.9 Å². The average Bonchev–Trinajstić information content (AvgIpc) is 3.82. The summed E-state index contributed by atoms with van der Waals surface area (Å²) in [6.45, 7) is 4.05. The van der Waals surface area contributed by atoms with Crippen LogP contribution in [0.3, 0.4) is 0 Å². The van der Waals surface area contributed by atoms with Crippen LogP contribution >= 0.6 is 11.6 Å². The van der Waals surface area contributed by atoms with Crippen LogP contribution in [0.2, 0.25) is 5.02 Å². The van der Waals surface area contributed by atoms with E-state index in [4.69, 9.17) is 21.1 Å². The van der Waals surface area contributed by atoms with Crippen LogP contribution in [0.25, 0.3) is 0 Å². The Labute approximate surface area is 266 Å². The Morgan fingerprint density at radius 1 is 1.09 bits per heavy atom. The van der Waals surface area contributed by atoms with Gasteiger partial charge in [-0.1, -0.05) is 36.7 Å². The van der Waals surface area contributed by atoms with Gasteiger partial charge in [-0.25, -0.2) is 13.1 Å². The van der Waals surface area contributed by atoms with Gasteiger partial charge in [0.1, 0.15) is 5.75 Å². The number of benzene rings is 2. The highest BCUT2D eigenvalue weighted by Gasteiger charge is 2.45. The molecule has 2 saturated carbocycles. The number of fused-ring (bicyclic) bond motifs is 4. The van der Waals surface area contributed by atoms with Crippen molar-refractivity contribution in [2.75, 3.05) is 31.7 Å². The maximum Gasteiger partial charge on any atom is 0.264 e. The fourth-order valence-corrected chi connectivity index (χ4v) is 9.65. The number of carbonyl (C=O) groups is 1. The number of methoxy groups -OCH3 is 1. The SMILES string of the molecule is CO[C@H]1/C=C/C[C@H](C)C(C2CC2)C(=O)NS(=O)(=O)c2ccc3c(c2)N(C[C@@H]2CC[C@H]21)C[C@@]1(CCCc2cc(Cl)ccc21)CO3. The molecule has 1 N–H and O–H groups in total. The third-order valence-electron chi connectivity index (χ3n) is 11.1. The summed E-state index contributed by atoms with van der Waals surface area (Å²) in [7, 11) is -2.29. The van der Waals surface area contributed by atoms with Gasteiger partial charge in [0.25, 0.3) is 10.0 Å². The molecule has 7 rings (SSSR count). The predicted molar refractivity (Wildman–Crippen MR) is 172 cm³/mol. The van der Waals surface area contributed by atoms with Crippen LogP contribution in [0.4, 0.5) is 5.69 Å². The van der Waals surface area contributed by atoms with Crippen LogP contribution in [-0.4, -0.2) is 47.2 Å². The number of aryl methyl sites for hydroxylation is 1. The number of nitrogens with one attached hydrogen (secondary N) is 1. The van der Waals surface area contributed by atoms with Gasteiger partial charge in [-0.05, 0) is 116 Å². The van der Waals surface area contributed by atoms with Gasteiger partial charge in [-0.3, -0.25) is 4.79 Å². The molecule has 1 spiro atoms. The van der Waals surface area contributed by atoms with Crippen LogP contribution in [0.1, 0.15) is 63.0 Å². The Morgan fingerprint density at radius 2 is 1.91 bits per heavy atom. The minimum absolute atomic E-state index is 0.00276. The molecule has 2 heterocycles. The van der Waals surface area contributed by atoms with E-state index in [0.29, 0.717) is 37.2 Å². The van der Waals surface area contributed by atoms with Crippen molar-refractivity contribution < 1.29 is 22.7 Å². The van der Waals surface area contributed by atoms with Crippen molar-refractivity contribution in [3.05, 3.63) is 64.7 Å². The summed E-state index contributed by atoms with van der Waals surface area (Å²) in [5, 5.41) is 0.745. The molecule has 5 aliphatic rings. The van der Waals surface area contributed by atoms with Crippen LogP contribution in [0.5, 0.6) is 5.75 Å². The lowest BCUT2D eigenvalue weighted by Gasteiger charge is -2.46. The van der Waals surface area contributed by atoms with E-state index in [1.54, 1.807) is 25.3 Å². The fourth-order valence-electron chi connectivity index (χ4n) is 8.42. The van der Waals surface area contributed by atoms with Crippen LogP contribution < -0.4 is 14.4 Å². The highest BCUT2D eigenvalue weighted by molar-refractivity contribution is 7.90. The first kappa shape index (κ1) is 30.1. The number of sulfonamides is 1. The van der Waals surface area contributed by atoms with Gasteiger partial charge < -0.3 is 14.4 Å². The zero-order valence-corrected chi connectivity index (χ0v) is 27.2. The van der Waals surface area contributed by atoms with Crippen molar-refractivity contribution in [2.45, 2.75) is 74.7 Å². The first-order valence-electron chi connectivity index (χ1n) is 16.2. The molecule has 2 bridgehead atoms. The zero-order chi connectivity index (χ0) is 30.6. The first-order valence-corrected chi connectivity index (χ1v) is 18.1. The second-order valence-corrected chi connectivity index (χ2v) is 16.0. The summed E-state index contributed by atoms with van der Waals surface area (Å²) < 4.78 is 42.6. The van der Waals surface area contributed by atoms with Gasteiger partial charge >= 0.3 is 0 Å². The Morgan fingerprint density at radius 3 is 2.66 bits per heavy atom. The third-order valence-corrected chi connectivity index (χ3v) is 12.6. The van der Waals surface area contributed by atoms with Crippen molar-refractivity contribution in [1.82, 2.24) is 4.72 Å². The predicted octanol–water partition coefficient (Wildman–Crippen LogP) is 6.28. The van der Waals surface area contributed by atoms with E-state index >= 15 is 0 Å². The Kier molecular flexibility index (Phi) is 7.99. The molecule has 7 nitrogen and oxygen atoms in total. The quantitative estimate of drug-likeness (QED) is 0.390. The number of anilines is 1. The number of ether oxygens (including phenoxy) is 2. The van der Waals surface area contributed by atoms with Crippen molar-refractivity contribution >= 4 is 33.2 Å². The van der Waals surface area contributed by atoms with Crippen LogP contribution in [0, 0.1) is 29.6 Å². The van der Waals surface area contributed by atoms with Gasteiger partial charge in [0.2, 0.25) is 5.91 Å². The van der Waals surface area contributed by atoms with Gasteiger partial charge in [0, 0.05) is 36.6 Å². The largest absolute Gasteiger partial charge is 0.490 e. The molecule has 1 unspecified atom stereocenters. The number of halogens is 1. The van der Waals surface area contributed by atoms with Gasteiger partial charge in [0.15, 0.2) is 0 Å². The minimum Gasteiger partial charge on any atom is -0.490 e. The summed E-state index contributed by atoms with van der Waals surface area (Å²) in [6, 6.07) is 11.3. The number of carbonyl (C=O) groups excluding carboxylic acids is 1. The summed E-state index contributed by atoms with van der Waals surface area (Å²) in [5.41, 5.74) is 3.06. The number of nitrogens with zero attached hydrogens (tertiary/aromatic N) is 1. The third kappa shape index (κ3) is 5.56. The highest BCUT2D eigenvalue weighted by Crippen LogP contribution is 2.48. The number of rotatable bonds is 2. The van der Waals surface area contributed by atoms with E-state index in [9.17, 15) is 13.2 Å². The van der Waals surface area contributed by atoms with Gasteiger partial charge in [0.05, 0.1) is 23.3 Å². The molecule has 2 aromatic carbocycles. The van der Waals surface area contributed by atoms with E-state index in [0.717, 1.165) is 62.2 Å². The molecule has 0 radical (unpaired) electrons. The van der Waals surface area contributed by atoms with Crippen molar-refractivity contribution in [1.29, 1.82) is 0 Å². The molecule has 6 atom stereocenters. The Bertz CT molecular complexity index is 1570. The lowest BCUT2D eigenvalue weighted by Crippen LogP contribution is -2.49. The first-order chi connectivity index (χ1) is 21.2. The molecule has 2 aromatic rings. The smallest absolute Gasteiger partial charge is 0.264 e. The fraction of sp³-hybridized carbons (Fsp3) is 0.571. The summed E-state index contributed by atoms with van der Waals surface area (Å²) in [5.74, 6) is 0.944. The number of hydrogen-bond donors (Lipinski definition) is 1. The molecular weight excluding hydrogens is 596 g/mol. The van der Waals surface area contributed by atoms with Crippen molar-refractivity contribution in [3.63, 3.8) is 0 Å². The van der Waals surface area contributed by atoms with E-state index in [2.05, 4.69) is 40.8 Å². The van der Waals surface area contributed by atoms with Gasteiger partial charge in [-0.2, -0.15) is 0 Å². The van der Waals surface area contributed by atoms with Crippen molar-refractivity contribution in [3.8, 4) is 5.75 Å². The molecule has 9 heteroatoms. The van der Waals surface area contributed by atoms with Gasteiger partial charge in [-0.15, -0.1) is 0 Å². The molecular formula is C35H43ClN2O5S. The molecule has 1 amide bonds. The summed E-state index contributed by atoms with van der Waals surface area (Å²) in [4.78, 5) is 16.0. The zero-order valence-electron chi connectivity index (χ0n) is 25.6. The molecule has 0 saturated heterocycles. The molecule has 0 aromatic heterocycles. The van der Waals surface area contributed by atoms with Crippen LogP contribution in [-0.2, 0) is 31.4 Å². The molecule has 2 aliphatic heterocycles. The Hall–Kier alpha value is -2.55. The highest BCUT2D eigenvalue weighted by atomic mass is 35.5. The lowest BCUT2D eigenvalue weighted by atomic mass is 9.68. The minimum atomic E-state index is -4.08. The summed E-state index contributed by atoms with van der Waals surface area (Å²) in [6.07, 6.45) is 12.1. The molecule has 236 valence electrons. The Balaban J connectivity index is 1.31. The van der Waals surface area contributed by atoms with E-state index in [1.165, 1.54) is 11.1 Å². The maximum absolute atomic E-state index is 13.7. The molecule has 44 heavy (non-hydrogen) atoms. The number of hydrogen-bond acceptors (Lipinski definition) is 6. The number of allylic oxidation sites excluding steroid dienone is 1. The van der Waals surface area contributed by atoms with Crippen molar-refractivity contribution in [2.24, 2.45) is 29.6 Å². The second kappa shape index (κ2) is 11.7. The number of amides is 1.